The zero-order valence-corrected chi connectivity index (χ0v) is 8.33. The Hall–Kier alpha value is -1.46. The third kappa shape index (κ3) is 1.84. The minimum Gasteiger partial charge on any atom is -0.338 e. The van der Waals surface area contributed by atoms with Crippen LogP contribution in [-0.2, 0) is 6.54 Å². The molecular weight excluding hydrogens is 221 g/mol. The highest BCUT2D eigenvalue weighted by Gasteiger charge is 2.15. The first kappa shape index (κ1) is 10.1. The molecule has 0 aliphatic carbocycles. The lowest BCUT2D eigenvalue weighted by Gasteiger charge is -1.98. The second-order valence-corrected chi connectivity index (χ2v) is 3.22. The van der Waals surface area contributed by atoms with Crippen LogP contribution < -0.4 is 5.73 Å². The Labute approximate surface area is 89.8 Å². The predicted octanol–water partition coefficient (Wildman–Crippen LogP) is 1.99. The Kier molecular flexibility index (Phi) is 2.66. The van der Waals surface area contributed by atoms with Crippen LogP contribution in [0.1, 0.15) is 5.89 Å². The molecule has 0 saturated carbocycles. The maximum Gasteiger partial charge on any atom is 0.240 e. The molecular formula is C9H7ClFN3O. The molecule has 0 amide bonds. The third-order valence-electron chi connectivity index (χ3n) is 1.83. The van der Waals surface area contributed by atoms with Crippen molar-refractivity contribution in [3.05, 3.63) is 34.9 Å². The van der Waals surface area contributed by atoms with Crippen LogP contribution in [0, 0.1) is 5.82 Å². The summed E-state index contributed by atoms with van der Waals surface area (Å²) in [5.74, 6) is -0.144. The van der Waals surface area contributed by atoms with E-state index in [-0.39, 0.29) is 28.8 Å². The molecule has 2 rings (SSSR count). The highest BCUT2D eigenvalue weighted by molar-refractivity contribution is 6.33. The molecule has 0 bridgehead atoms. The van der Waals surface area contributed by atoms with Crippen molar-refractivity contribution in [1.29, 1.82) is 0 Å². The first-order valence-electron chi connectivity index (χ1n) is 4.19. The first-order chi connectivity index (χ1) is 7.22. The zero-order valence-electron chi connectivity index (χ0n) is 7.58. The van der Waals surface area contributed by atoms with Crippen LogP contribution >= 0.6 is 11.6 Å². The van der Waals surface area contributed by atoms with Gasteiger partial charge in [-0.2, -0.15) is 4.98 Å². The topological polar surface area (TPSA) is 64.9 Å². The van der Waals surface area contributed by atoms with E-state index in [1.807, 2.05) is 0 Å². The number of hydrogen-bond acceptors (Lipinski definition) is 4. The molecule has 1 aromatic heterocycles. The quantitative estimate of drug-likeness (QED) is 0.852. The van der Waals surface area contributed by atoms with Crippen LogP contribution in [0.15, 0.2) is 22.7 Å². The summed E-state index contributed by atoms with van der Waals surface area (Å²) < 4.78 is 18.2. The van der Waals surface area contributed by atoms with E-state index >= 15 is 0 Å². The summed E-state index contributed by atoms with van der Waals surface area (Å²) in [4.78, 5) is 3.89. The van der Waals surface area contributed by atoms with Crippen molar-refractivity contribution in [2.75, 3.05) is 0 Å². The molecule has 0 radical (unpaired) electrons. The number of benzene rings is 1. The van der Waals surface area contributed by atoms with Crippen molar-refractivity contribution in [2.45, 2.75) is 6.54 Å². The number of nitrogens with zero attached hydrogens (tertiary/aromatic N) is 2. The van der Waals surface area contributed by atoms with Gasteiger partial charge in [0.1, 0.15) is 5.82 Å². The Balaban J connectivity index is 2.53. The van der Waals surface area contributed by atoms with Gasteiger partial charge in [0, 0.05) is 0 Å². The lowest BCUT2D eigenvalue weighted by atomic mass is 10.2. The number of halogens is 2. The molecule has 0 aliphatic rings. The Morgan fingerprint density at radius 3 is 2.87 bits per heavy atom. The van der Waals surface area contributed by atoms with E-state index in [2.05, 4.69) is 10.1 Å². The fraction of sp³-hybridized carbons (Fsp3) is 0.111. The average molecular weight is 228 g/mol. The summed E-state index contributed by atoms with van der Waals surface area (Å²) in [6.07, 6.45) is 0. The van der Waals surface area contributed by atoms with Crippen molar-refractivity contribution in [1.82, 2.24) is 10.1 Å². The maximum atomic E-state index is 13.4. The summed E-state index contributed by atoms with van der Waals surface area (Å²) in [6, 6.07) is 4.34. The molecule has 4 nitrogen and oxygen atoms in total. The fourth-order valence-electron chi connectivity index (χ4n) is 1.15. The molecule has 0 unspecified atom stereocenters. The number of nitrogens with two attached hydrogens (primary N) is 1. The van der Waals surface area contributed by atoms with E-state index in [1.165, 1.54) is 12.1 Å². The number of aromatic nitrogens is 2. The van der Waals surface area contributed by atoms with Gasteiger partial charge in [0.15, 0.2) is 0 Å². The van der Waals surface area contributed by atoms with Gasteiger partial charge in [-0.3, -0.25) is 0 Å². The van der Waals surface area contributed by atoms with Crippen LogP contribution in [0.4, 0.5) is 4.39 Å². The highest BCUT2D eigenvalue weighted by atomic mass is 35.5. The van der Waals surface area contributed by atoms with Crippen molar-refractivity contribution >= 4 is 11.6 Å². The van der Waals surface area contributed by atoms with E-state index in [4.69, 9.17) is 21.9 Å². The third-order valence-corrected chi connectivity index (χ3v) is 2.14. The van der Waals surface area contributed by atoms with Crippen molar-refractivity contribution in [2.24, 2.45) is 5.73 Å². The van der Waals surface area contributed by atoms with Gasteiger partial charge in [0.25, 0.3) is 0 Å². The summed E-state index contributed by atoms with van der Waals surface area (Å²) in [7, 11) is 0. The van der Waals surface area contributed by atoms with Gasteiger partial charge in [0.2, 0.25) is 11.7 Å². The molecule has 0 atom stereocenters. The zero-order chi connectivity index (χ0) is 10.8. The van der Waals surface area contributed by atoms with Crippen LogP contribution in [0.3, 0.4) is 0 Å². The van der Waals surface area contributed by atoms with Crippen LogP contribution in [0.5, 0.6) is 0 Å². The number of rotatable bonds is 2. The molecule has 2 aromatic rings. The van der Waals surface area contributed by atoms with Crippen molar-refractivity contribution < 1.29 is 8.91 Å². The monoisotopic (exact) mass is 227 g/mol. The van der Waals surface area contributed by atoms with Gasteiger partial charge in [0.05, 0.1) is 17.1 Å². The second-order valence-electron chi connectivity index (χ2n) is 2.81. The first-order valence-corrected chi connectivity index (χ1v) is 4.57. The average Bonchev–Trinajstić information content (AvgIpc) is 2.66. The van der Waals surface area contributed by atoms with Crippen molar-refractivity contribution in [3.63, 3.8) is 0 Å². The minimum absolute atomic E-state index is 0.110. The Morgan fingerprint density at radius 2 is 2.27 bits per heavy atom. The molecule has 1 heterocycles. The smallest absolute Gasteiger partial charge is 0.240 e. The van der Waals surface area contributed by atoms with Gasteiger partial charge in [-0.05, 0) is 12.1 Å². The molecule has 0 spiro atoms. The van der Waals surface area contributed by atoms with Crippen LogP contribution in [0.2, 0.25) is 5.02 Å². The lowest BCUT2D eigenvalue weighted by Crippen LogP contribution is -1.96. The molecule has 15 heavy (non-hydrogen) atoms. The van der Waals surface area contributed by atoms with Gasteiger partial charge in [-0.25, -0.2) is 4.39 Å². The molecule has 6 heteroatoms. The van der Waals surface area contributed by atoms with Crippen molar-refractivity contribution in [3.8, 4) is 11.4 Å². The van der Waals surface area contributed by atoms with E-state index in [0.717, 1.165) is 0 Å². The fourth-order valence-corrected chi connectivity index (χ4v) is 1.40. The van der Waals surface area contributed by atoms with Gasteiger partial charge < -0.3 is 10.3 Å². The molecule has 0 aliphatic heterocycles. The highest BCUT2D eigenvalue weighted by Crippen LogP contribution is 2.27. The summed E-state index contributed by atoms with van der Waals surface area (Å²) in [5, 5.41) is 3.82. The Morgan fingerprint density at radius 1 is 1.47 bits per heavy atom. The summed E-state index contributed by atoms with van der Waals surface area (Å²) in [6.45, 7) is 0.110. The van der Waals surface area contributed by atoms with E-state index in [9.17, 15) is 4.39 Å². The van der Waals surface area contributed by atoms with Gasteiger partial charge in [-0.15, -0.1) is 0 Å². The van der Waals surface area contributed by atoms with Crippen LogP contribution in [-0.4, -0.2) is 10.1 Å². The van der Waals surface area contributed by atoms with Crippen LogP contribution in [0.25, 0.3) is 11.4 Å². The molecule has 78 valence electrons. The lowest BCUT2D eigenvalue weighted by molar-refractivity contribution is 0.380. The molecule has 2 N–H and O–H groups in total. The predicted molar refractivity (Wildman–Crippen MR) is 52.6 cm³/mol. The second kappa shape index (κ2) is 3.96. The standard InChI is InChI=1S/C9H7ClFN3O/c10-5-2-1-3-6(11)8(5)9-13-7(4-12)15-14-9/h1-3H,4,12H2. The summed E-state index contributed by atoms with van der Waals surface area (Å²) in [5.41, 5.74) is 5.42. The number of hydrogen-bond donors (Lipinski definition) is 1. The molecule has 0 saturated heterocycles. The SMILES string of the molecule is NCc1nc(-c2c(F)cccc2Cl)no1. The van der Waals surface area contributed by atoms with E-state index in [1.54, 1.807) is 6.07 Å². The van der Waals surface area contributed by atoms with Gasteiger partial charge in [-0.1, -0.05) is 22.8 Å². The Bertz CT molecular complexity index is 466. The molecule has 1 aromatic carbocycles. The largest absolute Gasteiger partial charge is 0.338 e. The normalized spacial score (nSPS) is 10.6. The maximum absolute atomic E-state index is 13.4. The van der Waals surface area contributed by atoms with Gasteiger partial charge >= 0.3 is 0 Å². The van der Waals surface area contributed by atoms with E-state index < -0.39 is 5.82 Å². The van der Waals surface area contributed by atoms with E-state index in [0.29, 0.717) is 0 Å². The molecule has 0 fully saturated rings. The minimum atomic E-state index is -0.494. The summed E-state index contributed by atoms with van der Waals surface area (Å²) >= 11 is 5.82.